The van der Waals surface area contributed by atoms with Gasteiger partial charge in [0.1, 0.15) is 0 Å². The molecule has 0 aliphatic carbocycles. The standard InChI is InChI=1S/C28H32Cl2N2O4/c1-3-22(17-31-13-5-8-24(31)33)32-26(18-9-11-20(29)12-10-18)23(19-6-4-7-21(30)14-19)15-28(2,27(32)36)16-25(34)35/h4,6-7,9-12,14,22-23,26H,3,5,8,13,15-17H2,1-2H3,(H,34,35)/t22-,23+,26+,28-/m0/s1. The minimum Gasteiger partial charge on any atom is -0.481 e. The summed E-state index contributed by atoms with van der Waals surface area (Å²) in [5.41, 5.74) is 0.759. The SMILES string of the molecule is CC[C@@H](CN1CCCC1=O)N1C(=O)[C@](C)(CC(=O)O)C[C@H](c2cccc(Cl)c2)[C@H]1c1ccc(Cl)cc1. The van der Waals surface area contributed by atoms with Crippen LogP contribution < -0.4 is 0 Å². The quantitative estimate of drug-likeness (QED) is 0.458. The van der Waals surface area contributed by atoms with Gasteiger partial charge >= 0.3 is 5.97 Å². The average Bonchev–Trinajstić information content (AvgIpc) is 3.23. The molecule has 2 aliphatic rings. The summed E-state index contributed by atoms with van der Waals surface area (Å²) in [6.45, 7) is 4.86. The molecule has 2 aliphatic heterocycles. The molecule has 2 heterocycles. The number of halogens is 2. The van der Waals surface area contributed by atoms with Crippen LogP contribution in [-0.2, 0) is 14.4 Å². The lowest BCUT2D eigenvalue weighted by Gasteiger charge is -2.52. The number of carboxylic acids is 1. The molecule has 2 fully saturated rings. The molecule has 1 N–H and O–H groups in total. The van der Waals surface area contributed by atoms with E-state index in [2.05, 4.69) is 0 Å². The molecule has 0 radical (unpaired) electrons. The second-order valence-corrected chi connectivity index (χ2v) is 11.1. The summed E-state index contributed by atoms with van der Waals surface area (Å²) in [5.74, 6) is -1.30. The Morgan fingerprint density at radius 3 is 2.42 bits per heavy atom. The predicted octanol–water partition coefficient (Wildman–Crippen LogP) is 5.93. The van der Waals surface area contributed by atoms with E-state index >= 15 is 0 Å². The lowest BCUT2D eigenvalue weighted by molar-refractivity contribution is -0.161. The molecule has 0 aromatic heterocycles. The highest BCUT2D eigenvalue weighted by molar-refractivity contribution is 6.30. The van der Waals surface area contributed by atoms with Crippen molar-refractivity contribution in [2.45, 2.75) is 64.0 Å². The first-order valence-electron chi connectivity index (χ1n) is 12.5. The highest BCUT2D eigenvalue weighted by Crippen LogP contribution is 2.52. The molecule has 2 amide bonds. The summed E-state index contributed by atoms with van der Waals surface area (Å²) in [4.78, 5) is 42.3. The van der Waals surface area contributed by atoms with Crippen molar-refractivity contribution in [2.24, 2.45) is 5.41 Å². The Morgan fingerprint density at radius 1 is 1.11 bits per heavy atom. The predicted molar refractivity (Wildman–Crippen MR) is 140 cm³/mol. The number of amides is 2. The molecule has 4 rings (SSSR count). The van der Waals surface area contributed by atoms with Gasteiger partial charge in [-0.05, 0) is 54.7 Å². The van der Waals surface area contributed by atoms with E-state index in [4.69, 9.17) is 23.2 Å². The minimum atomic E-state index is -1.11. The van der Waals surface area contributed by atoms with Gasteiger partial charge in [-0.1, -0.05) is 61.3 Å². The first-order valence-corrected chi connectivity index (χ1v) is 13.2. The average molecular weight is 531 g/mol. The van der Waals surface area contributed by atoms with Crippen molar-refractivity contribution < 1.29 is 19.5 Å². The highest BCUT2D eigenvalue weighted by Gasteiger charge is 2.52. The van der Waals surface area contributed by atoms with E-state index in [-0.39, 0.29) is 36.2 Å². The minimum absolute atomic E-state index is 0.0978. The van der Waals surface area contributed by atoms with Crippen molar-refractivity contribution in [1.82, 2.24) is 9.80 Å². The van der Waals surface area contributed by atoms with Gasteiger partial charge in [-0.2, -0.15) is 0 Å². The number of hydrogen-bond acceptors (Lipinski definition) is 3. The maximum absolute atomic E-state index is 14.2. The van der Waals surface area contributed by atoms with Gasteiger partial charge in [0.15, 0.2) is 0 Å². The van der Waals surface area contributed by atoms with Gasteiger partial charge in [0.2, 0.25) is 11.8 Å². The summed E-state index contributed by atoms with van der Waals surface area (Å²) in [7, 11) is 0. The van der Waals surface area contributed by atoms with Crippen molar-refractivity contribution in [1.29, 1.82) is 0 Å². The van der Waals surface area contributed by atoms with Gasteiger partial charge in [-0.25, -0.2) is 0 Å². The van der Waals surface area contributed by atoms with E-state index < -0.39 is 11.4 Å². The Bertz CT molecular complexity index is 1140. The smallest absolute Gasteiger partial charge is 0.304 e. The molecule has 0 bridgehead atoms. The summed E-state index contributed by atoms with van der Waals surface area (Å²) >= 11 is 12.6. The van der Waals surface area contributed by atoms with Crippen LogP contribution in [0.25, 0.3) is 0 Å². The van der Waals surface area contributed by atoms with E-state index in [1.807, 2.05) is 59.2 Å². The molecule has 4 atom stereocenters. The topological polar surface area (TPSA) is 77.9 Å². The fourth-order valence-corrected chi connectivity index (χ4v) is 6.17. The molecule has 192 valence electrons. The van der Waals surface area contributed by atoms with Gasteiger partial charge in [0.25, 0.3) is 0 Å². The molecule has 0 unspecified atom stereocenters. The van der Waals surface area contributed by atoms with Crippen LogP contribution in [0.3, 0.4) is 0 Å². The van der Waals surface area contributed by atoms with E-state index in [0.717, 1.165) is 17.5 Å². The van der Waals surface area contributed by atoms with Crippen molar-refractivity contribution in [2.75, 3.05) is 13.1 Å². The van der Waals surface area contributed by atoms with Crippen molar-refractivity contribution in [3.05, 3.63) is 69.7 Å². The third-order valence-corrected chi connectivity index (χ3v) is 8.09. The number of aliphatic carboxylic acids is 1. The fourth-order valence-electron chi connectivity index (χ4n) is 5.85. The van der Waals surface area contributed by atoms with Crippen molar-refractivity contribution in [3.8, 4) is 0 Å². The first kappa shape index (κ1) is 26.5. The first-order chi connectivity index (χ1) is 17.1. The summed E-state index contributed by atoms with van der Waals surface area (Å²) in [5, 5.41) is 10.9. The summed E-state index contributed by atoms with van der Waals surface area (Å²) in [6.07, 6.45) is 2.05. The third-order valence-electron chi connectivity index (χ3n) is 7.60. The second kappa shape index (κ2) is 10.8. The molecular weight excluding hydrogens is 499 g/mol. The molecule has 2 saturated heterocycles. The Morgan fingerprint density at radius 2 is 1.83 bits per heavy atom. The van der Waals surface area contributed by atoms with E-state index in [1.165, 1.54) is 0 Å². The monoisotopic (exact) mass is 530 g/mol. The Kier molecular flexibility index (Phi) is 7.96. The highest BCUT2D eigenvalue weighted by atomic mass is 35.5. The van der Waals surface area contributed by atoms with Crippen LogP contribution >= 0.6 is 23.2 Å². The number of carbonyl (C=O) groups is 3. The number of piperidine rings is 1. The molecule has 8 heteroatoms. The fraction of sp³-hybridized carbons (Fsp3) is 0.464. The second-order valence-electron chi connectivity index (χ2n) is 10.2. The number of carbonyl (C=O) groups excluding carboxylic acids is 2. The molecule has 6 nitrogen and oxygen atoms in total. The van der Waals surface area contributed by atoms with Crippen LogP contribution in [0.15, 0.2) is 48.5 Å². The molecule has 0 spiro atoms. The van der Waals surface area contributed by atoms with Crippen LogP contribution in [0.4, 0.5) is 0 Å². The van der Waals surface area contributed by atoms with Crippen LogP contribution in [0.1, 0.15) is 69.0 Å². The Balaban J connectivity index is 1.87. The number of rotatable bonds is 8. The zero-order valence-electron chi connectivity index (χ0n) is 20.6. The number of nitrogens with zero attached hydrogens (tertiary/aromatic N) is 2. The summed E-state index contributed by atoms with van der Waals surface area (Å²) in [6, 6.07) is 14.4. The Hall–Kier alpha value is -2.57. The van der Waals surface area contributed by atoms with Crippen molar-refractivity contribution >= 4 is 41.0 Å². The molecule has 2 aromatic carbocycles. The number of hydrogen-bond donors (Lipinski definition) is 1. The normalized spacial score (nSPS) is 25.3. The lowest BCUT2D eigenvalue weighted by Crippen LogP contribution is -2.58. The number of benzene rings is 2. The zero-order chi connectivity index (χ0) is 26.0. The third kappa shape index (κ3) is 5.40. The lowest BCUT2D eigenvalue weighted by atomic mass is 9.67. The van der Waals surface area contributed by atoms with E-state index in [1.54, 1.807) is 13.0 Å². The van der Waals surface area contributed by atoms with Gasteiger partial charge < -0.3 is 14.9 Å². The van der Waals surface area contributed by atoms with Gasteiger partial charge in [0, 0.05) is 41.5 Å². The largest absolute Gasteiger partial charge is 0.481 e. The Labute approximate surface area is 222 Å². The molecular formula is C28H32Cl2N2O4. The molecule has 2 aromatic rings. The maximum Gasteiger partial charge on any atom is 0.304 e. The van der Waals surface area contributed by atoms with E-state index in [0.29, 0.717) is 42.4 Å². The van der Waals surface area contributed by atoms with E-state index in [9.17, 15) is 19.5 Å². The van der Waals surface area contributed by atoms with Crippen LogP contribution in [-0.4, -0.2) is 51.8 Å². The number of carboxylic acid groups (broad SMARTS) is 1. The number of likely N-dealkylation sites (tertiary alicyclic amines) is 2. The molecule has 0 saturated carbocycles. The molecule has 36 heavy (non-hydrogen) atoms. The van der Waals surface area contributed by atoms with Crippen LogP contribution in [0.5, 0.6) is 0 Å². The van der Waals surface area contributed by atoms with Crippen LogP contribution in [0.2, 0.25) is 10.0 Å². The maximum atomic E-state index is 14.2. The van der Waals surface area contributed by atoms with Gasteiger partial charge in [-0.3, -0.25) is 14.4 Å². The van der Waals surface area contributed by atoms with Gasteiger partial charge in [0.05, 0.1) is 17.9 Å². The van der Waals surface area contributed by atoms with Crippen molar-refractivity contribution in [3.63, 3.8) is 0 Å². The summed E-state index contributed by atoms with van der Waals surface area (Å²) < 4.78 is 0. The zero-order valence-corrected chi connectivity index (χ0v) is 22.1. The van der Waals surface area contributed by atoms with Gasteiger partial charge in [-0.15, -0.1) is 0 Å². The van der Waals surface area contributed by atoms with Crippen LogP contribution in [0, 0.1) is 5.41 Å².